The van der Waals surface area contributed by atoms with Crippen LogP contribution >= 0.6 is 0 Å². The van der Waals surface area contributed by atoms with Crippen molar-refractivity contribution in [3.05, 3.63) is 42.0 Å². The minimum atomic E-state index is -2.79. The molecule has 11 heteroatoms. The van der Waals surface area contributed by atoms with E-state index in [9.17, 15) is 39.3 Å². The number of ketones is 1. The van der Waals surface area contributed by atoms with Crippen LogP contribution in [-0.2, 0) is 35.1 Å². The Morgan fingerprint density at radius 3 is 2.11 bits per heavy atom. The van der Waals surface area contributed by atoms with E-state index in [1.165, 1.54) is 18.9 Å². The Morgan fingerprint density at radius 2 is 1.55 bits per heavy atom. The second kappa shape index (κ2) is 23.2. The summed E-state index contributed by atoms with van der Waals surface area (Å²) < 4.78 is 10.1. The van der Waals surface area contributed by atoms with Crippen molar-refractivity contribution in [2.75, 3.05) is 13.7 Å². The van der Waals surface area contributed by atoms with E-state index < -0.39 is 47.8 Å². The van der Waals surface area contributed by atoms with Gasteiger partial charge >= 0.3 is 17.9 Å². The van der Waals surface area contributed by atoms with Crippen LogP contribution in [0.4, 0.5) is 0 Å². The fourth-order valence-electron chi connectivity index (χ4n) is 5.01. The summed E-state index contributed by atoms with van der Waals surface area (Å²) in [5.41, 5.74) is -2.23. The number of Topliss-reactive ketones (excluding diaryl/α,β-unsaturated/α-hetero) is 1. The number of unbranched alkanes of at least 4 members (excludes halogenated alkanes) is 8. The Morgan fingerprint density at radius 1 is 0.936 bits per heavy atom. The molecule has 0 spiro atoms. The lowest BCUT2D eigenvalue weighted by atomic mass is 9.82. The minimum absolute atomic E-state index is 0.135. The summed E-state index contributed by atoms with van der Waals surface area (Å²) in [7, 11) is 0.952. The van der Waals surface area contributed by atoms with E-state index in [-0.39, 0.29) is 18.8 Å². The lowest BCUT2D eigenvalue weighted by molar-refractivity contribution is -0.175. The van der Waals surface area contributed by atoms with E-state index in [1.54, 1.807) is 37.3 Å². The molecule has 0 saturated carbocycles. The normalized spacial score (nSPS) is 13.4. The van der Waals surface area contributed by atoms with Crippen LogP contribution in [0.15, 0.2) is 36.4 Å². The highest BCUT2D eigenvalue weighted by molar-refractivity contribution is 5.95. The largest absolute Gasteiger partial charge is 0.481 e. The van der Waals surface area contributed by atoms with Gasteiger partial charge in [-0.05, 0) is 50.3 Å². The topological polar surface area (TPSA) is 177 Å². The molecule has 260 valence electrons. The van der Waals surface area contributed by atoms with Gasteiger partial charge in [-0.3, -0.25) is 14.4 Å². The number of allylic oxidation sites excluding steroid dienone is 1. The summed E-state index contributed by atoms with van der Waals surface area (Å²) in [4.78, 5) is 61.8. The van der Waals surface area contributed by atoms with Crippen LogP contribution in [0.2, 0.25) is 0 Å². The maximum Gasteiger partial charge on any atom is 0.339 e. The number of carbonyl (C=O) groups excluding carboxylic acids is 3. The molecule has 47 heavy (non-hydrogen) atoms. The number of carboxylic acid groups (broad SMARTS) is 2. The van der Waals surface area contributed by atoms with Crippen molar-refractivity contribution in [2.24, 2.45) is 5.92 Å². The predicted octanol–water partition coefficient (Wildman–Crippen LogP) is 5.02. The quantitative estimate of drug-likeness (QED) is 0.0483. The molecule has 0 aliphatic heterocycles. The molecule has 0 aliphatic rings. The monoisotopic (exact) mass is 657 g/mol. The summed E-state index contributed by atoms with van der Waals surface area (Å²) in [5.74, 6) is -0.780. The Kier molecular flexibility index (Phi) is 20.2. The van der Waals surface area contributed by atoms with Crippen LogP contribution in [0.5, 0.6) is 5.75 Å². The molecular weight excluding hydrogens is 606 g/mol. The molecule has 0 heterocycles. The van der Waals surface area contributed by atoms with Gasteiger partial charge in [0.1, 0.15) is 24.2 Å². The fourth-order valence-corrected chi connectivity index (χ4v) is 5.01. The van der Waals surface area contributed by atoms with Crippen molar-refractivity contribution in [3.63, 3.8) is 0 Å². The number of methoxy groups -OCH3 is 1. The molecule has 1 aromatic carbocycles. The number of rotatable bonds is 25. The third-order valence-electron chi connectivity index (χ3n) is 7.69. The molecule has 4 N–H and O–H groups in total. The maximum absolute atomic E-state index is 13.4. The third-order valence-corrected chi connectivity index (χ3v) is 7.69. The summed E-state index contributed by atoms with van der Waals surface area (Å²) in [6.45, 7) is 4.03. The molecule has 0 unspecified atom stereocenters. The predicted molar refractivity (Wildman–Crippen MR) is 177 cm³/mol. The SMILES string of the molecule is CC#CCOc1ccc(C[C@H](NC(=O)[C@@H](C=CCCCCCCC(=O)CCCCCCC)[C@@](O)(CC(=O)O)C(=O)OC)C(=O)O)cc1. The average molecular weight is 658 g/mol. The van der Waals surface area contributed by atoms with Crippen molar-refractivity contribution in [3.8, 4) is 17.6 Å². The number of carboxylic acids is 2. The van der Waals surface area contributed by atoms with Crippen molar-refractivity contribution >= 4 is 29.6 Å². The number of esters is 1. The van der Waals surface area contributed by atoms with Crippen LogP contribution < -0.4 is 10.1 Å². The Bertz CT molecular complexity index is 1230. The van der Waals surface area contributed by atoms with E-state index in [1.807, 2.05) is 0 Å². The Balaban J connectivity index is 2.89. The van der Waals surface area contributed by atoms with E-state index in [2.05, 4.69) is 28.8 Å². The van der Waals surface area contributed by atoms with Crippen LogP contribution in [0.3, 0.4) is 0 Å². The van der Waals surface area contributed by atoms with Gasteiger partial charge < -0.3 is 30.1 Å². The second-order valence-corrected chi connectivity index (χ2v) is 11.5. The van der Waals surface area contributed by atoms with Gasteiger partial charge in [0.15, 0.2) is 5.60 Å². The number of aliphatic carboxylic acids is 2. The zero-order valence-corrected chi connectivity index (χ0v) is 27.9. The number of nitrogens with one attached hydrogen (secondary N) is 1. The number of hydrogen-bond donors (Lipinski definition) is 4. The lowest BCUT2D eigenvalue weighted by Gasteiger charge is -2.30. The van der Waals surface area contributed by atoms with Gasteiger partial charge in [0.2, 0.25) is 5.91 Å². The van der Waals surface area contributed by atoms with Gasteiger partial charge in [0, 0.05) is 19.3 Å². The van der Waals surface area contributed by atoms with Crippen molar-refractivity contribution < 1.29 is 48.8 Å². The zero-order chi connectivity index (χ0) is 35.1. The number of hydrogen-bond acceptors (Lipinski definition) is 8. The second-order valence-electron chi connectivity index (χ2n) is 11.5. The van der Waals surface area contributed by atoms with Crippen LogP contribution in [0.1, 0.15) is 103 Å². The Hall–Kier alpha value is -4.17. The molecule has 1 rings (SSSR count). The summed E-state index contributed by atoms with van der Waals surface area (Å²) in [6, 6.07) is 5.08. The molecule has 0 radical (unpaired) electrons. The first-order chi connectivity index (χ1) is 22.5. The Labute approximate surface area is 278 Å². The molecule has 1 aromatic rings. The maximum atomic E-state index is 13.4. The van der Waals surface area contributed by atoms with Crippen molar-refractivity contribution in [1.29, 1.82) is 0 Å². The van der Waals surface area contributed by atoms with E-state index >= 15 is 0 Å². The molecule has 0 saturated heterocycles. The van der Waals surface area contributed by atoms with Gasteiger partial charge in [0.25, 0.3) is 0 Å². The number of aliphatic hydroxyl groups is 1. The molecule has 0 aromatic heterocycles. The first kappa shape index (κ1) is 40.9. The molecule has 0 bridgehead atoms. The highest BCUT2D eigenvalue weighted by Crippen LogP contribution is 2.27. The molecular formula is C36H51NO10. The van der Waals surface area contributed by atoms with Gasteiger partial charge in [-0.2, -0.15) is 0 Å². The molecule has 11 nitrogen and oxygen atoms in total. The van der Waals surface area contributed by atoms with E-state index in [0.717, 1.165) is 45.6 Å². The lowest BCUT2D eigenvalue weighted by Crippen LogP contribution is -2.55. The fraction of sp³-hybridized carbons (Fsp3) is 0.583. The van der Waals surface area contributed by atoms with E-state index in [4.69, 9.17) is 4.74 Å². The zero-order valence-electron chi connectivity index (χ0n) is 27.9. The standard InChI is InChI=1S/C36H51NO10/c1-4-6-8-11-14-17-28(38)18-15-12-9-10-13-16-19-30(36(45,26-32(39)40)35(44)46-3)33(41)37-31(34(42)43)25-27-20-22-29(23-21-27)47-24-7-5-2/h16,19-23,30-31,45H,4,6,8-15,17-18,24-26H2,1-3H3,(H,37,41)(H,39,40)(H,42,43)/t30-,31+,36+/m1/s1. The number of ether oxygens (including phenoxy) is 2. The van der Waals surface area contributed by atoms with Crippen LogP contribution in [0, 0.1) is 17.8 Å². The molecule has 0 fully saturated rings. The molecule has 0 aliphatic carbocycles. The summed E-state index contributed by atoms with van der Waals surface area (Å²) in [5, 5.41) is 32.8. The summed E-state index contributed by atoms with van der Waals surface area (Å²) >= 11 is 0. The van der Waals surface area contributed by atoms with Gasteiger partial charge in [0.05, 0.1) is 19.4 Å². The van der Waals surface area contributed by atoms with Gasteiger partial charge in [-0.15, -0.1) is 5.92 Å². The van der Waals surface area contributed by atoms with Crippen molar-refractivity contribution in [2.45, 2.75) is 115 Å². The van der Waals surface area contributed by atoms with Crippen molar-refractivity contribution in [1.82, 2.24) is 5.32 Å². The first-order valence-corrected chi connectivity index (χ1v) is 16.3. The smallest absolute Gasteiger partial charge is 0.339 e. The number of carbonyl (C=O) groups is 5. The van der Waals surface area contributed by atoms with Crippen LogP contribution in [-0.4, -0.2) is 70.3 Å². The molecule has 1 amide bonds. The summed E-state index contributed by atoms with van der Waals surface area (Å²) in [6.07, 6.45) is 11.8. The highest BCUT2D eigenvalue weighted by Gasteiger charge is 2.50. The average Bonchev–Trinajstić information content (AvgIpc) is 3.03. The van der Waals surface area contributed by atoms with E-state index in [0.29, 0.717) is 37.0 Å². The number of amides is 1. The highest BCUT2D eigenvalue weighted by atomic mass is 16.5. The first-order valence-electron chi connectivity index (χ1n) is 16.3. The van der Waals surface area contributed by atoms with Crippen LogP contribution in [0.25, 0.3) is 0 Å². The molecule has 3 atom stereocenters. The van der Waals surface area contributed by atoms with Gasteiger partial charge in [-0.1, -0.05) is 75.7 Å². The number of benzene rings is 1. The third kappa shape index (κ3) is 16.3. The minimum Gasteiger partial charge on any atom is -0.481 e. The van der Waals surface area contributed by atoms with Gasteiger partial charge in [-0.25, -0.2) is 9.59 Å².